The van der Waals surface area contributed by atoms with E-state index in [0.717, 1.165) is 10.5 Å². The summed E-state index contributed by atoms with van der Waals surface area (Å²) in [6, 6.07) is 7.38. The molecule has 0 aromatic heterocycles. The molecule has 0 aliphatic carbocycles. The van der Waals surface area contributed by atoms with Crippen molar-refractivity contribution in [2.75, 3.05) is 0 Å². The predicted molar refractivity (Wildman–Crippen MR) is 77.9 cm³/mol. The Bertz CT molecular complexity index is 609. The minimum atomic E-state index is -0.728. The fraction of sp³-hybridized carbons (Fsp3) is 0.143. The summed E-state index contributed by atoms with van der Waals surface area (Å²) in [5.41, 5.74) is 1.23. The first-order valence-corrected chi connectivity index (χ1v) is 7.05. The van der Waals surface area contributed by atoms with Crippen molar-refractivity contribution < 1.29 is 8.78 Å². The van der Waals surface area contributed by atoms with Crippen LogP contribution >= 0.6 is 39.1 Å². The van der Waals surface area contributed by atoms with Crippen molar-refractivity contribution in [1.29, 1.82) is 0 Å². The lowest BCUT2D eigenvalue weighted by Gasteiger charge is -2.13. The summed E-state index contributed by atoms with van der Waals surface area (Å²) in [6.45, 7) is 1.57. The molecule has 0 amide bonds. The Balaban J connectivity index is 2.49. The van der Waals surface area contributed by atoms with Crippen LogP contribution in [0, 0.1) is 18.6 Å². The Morgan fingerprint density at radius 2 is 1.74 bits per heavy atom. The molecule has 0 radical (unpaired) electrons. The minimum absolute atomic E-state index is 0.231. The van der Waals surface area contributed by atoms with Crippen LogP contribution in [0.2, 0.25) is 5.02 Å². The fourth-order valence-electron chi connectivity index (χ4n) is 1.77. The summed E-state index contributed by atoms with van der Waals surface area (Å²) in [5.74, 6) is -1.25. The lowest BCUT2D eigenvalue weighted by molar-refractivity contribution is 0.568. The van der Waals surface area contributed by atoms with E-state index in [1.165, 1.54) is 6.07 Å². The molecule has 100 valence electrons. The Morgan fingerprint density at radius 3 is 2.37 bits per heavy atom. The van der Waals surface area contributed by atoms with E-state index in [-0.39, 0.29) is 5.56 Å². The molecule has 0 fully saturated rings. The molecule has 2 rings (SSSR count). The van der Waals surface area contributed by atoms with Gasteiger partial charge in [-0.05, 0) is 42.3 Å². The van der Waals surface area contributed by atoms with Gasteiger partial charge in [0.2, 0.25) is 0 Å². The van der Waals surface area contributed by atoms with Crippen LogP contribution in [-0.4, -0.2) is 0 Å². The molecular weight excluding hydrogens is 357 g/mol. The van der Waals surface area contributed by atoms with Crippen molar-refractivity contribution in [1.82, 2.24) is 0 Å². The minimum Gasteiger partial charge on any atom is -0.207 e. The van der Waals surface area contributed by atoms with Gasteiger partial charge in [-0.2, -0.15) is 0 Å². The third-order valence-corrected chi connectivity index (χ3v) is 3.89. The second kappa shape index (κ2) is 5.78. The van der Waals surface area contributed by atoms with Crippen molar-refractivity contribution in [3.8, 4) is 0 Å². The summed E-state index contributed by atoms with van der Waals surface area (Å²) in [6.07, 6.45) is 0. The summed E-state index contributed by atoms with van der Waals surface area (Å²) in [5, 5.41) is -0.233. The molecule has 1 unspecified atom stereocenters. The normalized spacial score (nSPS) is 12.5. The topological polar surface area (TPSA) is 0 Å². The van der Waals surface area contributed by atoms with E-state index in [1.807, 2.05) is 0 Å². The number of alkyl halides is 1. The molecule has 0 spiro atoms. The van der Waals surface area contributed by atoms with Gasteiger partial charge in [-0.3, -0.25) is 0 Å². The zero-order valence-electron chi connectivity index (χ0n) is 9.85. The van der Waals surface area contributed by atoms with E-state index in [1.54, 1.807) is 25.1 Å². The number of rotatable bonds is 2. The van der Waals surface area contributed by atoms with Gasteiger partial charge in [0.15, 0.2) is 0 Å². The Labute approximate surface area is 128 Å². The molecule has 0 aliphatic heterocycles. The Hall–Kier alpha value is -0.640. The maximum atomic E-state index is 13.8. The number of hydrogen-bond donors (Lipinski definition) is 0. The van der Waals surface area contributed by atoms with Gasteiger partial charge in [0, 0.05) is 21.1 Å². The second-order valence-electron chi connectivity index (χ2n) is 4.19. The number of halogens is 5. The maximum Gasteiger partial charge on any atom is 0.131 e. The third kappa shape index (κ3) is 3.28. The maximum absolute atomic E-state index is 13.8. The summed E-state index contributed by atoms with van der Waals surface area (Å²) in [4.78, 5) is 0. The number of hydrogen-bond acceptors (Lipinski definition) is 0. The first kappa shape index (κ1) is 14.8. The van der Waals surface area contributed by atoms with Gasteiger partial charge in [0.05, 0.1) is 5.38 Å². The monoisotopic (exact) mass is 364 g/mol. The summed E-state index contributed by atoms with van der Waals surface area (Å²) < 4.78 is 27.8. The molecule has 0 saturated carbocycles. The van der Waals surface area contributed by atoms with Gasteiger partial charge in [0.1, 0.15) is 11.6 Å². The smallest absolute Gasteiger partial charge is 0.131 e. The molecule has 2 aromatic rings. The SMILES string of the molecule is Cc1cc(C(Cl)c2cc(Cl)cc(Br)c2)c(F)cc1F. The van der Waals surface area contributed by atoms with Gasteiger partial charge in [0.25, 0.3) is 0 Å². The molecule has 0 heterocycles. The van der Waals surface area contributed by atoms with Crippen LogP contribution in [0.15, 0.2) is 34.8 Å². The Morgan fingerprint density at radius 1 is 1.05 bits per heavy atom. The first-order chi connectivity index (χ1) is 8.88. The van der Waals surface area contributed by atoms with Gasteiger partial charge in [-0.25, -0.2) is 8.78 Å². The molecule has 19 heavy (non-hydrogen) atoms. The lowest BCUT2D eigenvalue weighted by atomic mass is 10.0. The van der Waals surface area contributed by atoms with Crippen LogP contribution in [0.4, 0.5) is 8.78 Å². The highest BCUT2D eigenvalue weighted by molar-refractivity contribution is 9.10. The van der Waals surface area contributed by atoms with Gasteiger partial charge < -0.3 is 0 Å². The van der Waals surface area contributed by atoms with Crippen molar-refractivity contribution >= 4 is 39.1 Å². The number of aryl methyl sites for hydroxylation is 1. The van der Waals surface area contributed by atoms with Crippen LogP contribution in [0.25, 0.3) is 0 Å². The molecule has 0 nitrogen and oxygen atoms in total. The van der Waals surface area contributed by atoms with Gasteiger partial charge in [-0.15, -0.1) is 11.6 Å². The number of benzene rings is 2. The molecule has 1 atom stereocenters. The van der Waals surface area contributed by atoms with Crippen molar-refractivity contribution in [3.63, 3.8) is 0 Å². The van der Waals surface area contributed by atoms with E-state index in [9.17, 15) is 8.78 Å². The van der Waals surface area contributed by atoms with Crippen LogP contribution in [0.3, 0.4) is 0 Å². The molecule has 5 heteroatoms. The fourth-order valence-corrected chi connectivity index (χ4v) is 2.95. The van der Waals surface area contributed by atoms with E-state index >= 15 is 0 Å². The van der Waals surface area contributed by atoms with E-state index in [0.29, 0.717) is 16.1 Å². The summed E-state index contributed by atoms with van der Waals surface area (Å²) >= 11 is 15.5. The second-order valence-corrected chi connectivity index (χ2v) is 5.98. The van der Waals surface area contributed by atoms with E-state index < -0.39 is 17.0 Å². The predicted octanol–water partition coefficient (Wildman–Crippen LogP) is 6.02. The third-order valence-electron chi connectivity index (χ3n) is 2.73. The van der Waals surface area contributed by atoms with Crippen LogP contribution < -0.4 is 0 Å². The molecule has 0 aliphatic rings. The average molecular weight is 366 g/mol. The average Bonchev–Trinajstić information content (AvgIpc) is 2.31. The van der Waals surface area contributed by atoms with Crippen molar-refractivity contribution in [3.05, 3.63) is 68.2 Å². The van der Waals surface area contributed by atoms with Gasteiger partial charge >= 0.3 is 0 Å². The van der Waals surface area contributed by atoms with Gasteiger partial charge in [-0.1, -0.05) is 27.5 Å². The first-order valence-electron chi connectivity index (χ1n) is 5.44. The highest BCUT2D eigenvalue weighted by atomic mass is 79.9. The largest absolute Gasteiger partial charge is 0.207 e. The quantitative estimate of drug-likeness (QED) is 0.571. The Kier molecular flexibility index (Phi) is 4.49. The molecule has 0 saturated heterocycles. The van der Waals surface area contributed by atoms with Crippen LogP contribution in [0.1, 0.15) is 22.1 Å². The lowest BCUT2D eigenvalue weighted by Crippen LogP contribution is -2.00. The van der Waals surface area contributed by atoms with E-state index in [4.69, 9.17) is 23.2 Å². The van der Waals surface area contributed by atoms with Crippen LogP contribution in [0.5, 0.6) is 0 Å². The zero-order valence-corrected chi connectivity index (χ0v) is 13.0. The highest BCUT2D eigenvalue weighted by Gasteiger charge is 2.18. The van der Waals surface area contributed by atoms with Crippen molar-refractivity contribution in [2.45, 2.75) is 12.3 Å². The van der Waals surface area contributed by atoms with E-state index in [2.05, 4.69) is 15.9 Å². The molecule has 2 aromatic carbocycles. The molecule has 0 bridgehead atoms. The zero-order chi connectivity index (χ0) is 14.2. The molecule has 0 N–H and O–H groups in total. The highest BCUT2D eigenvalue weighted by Crippen LogP contribution is 2.34. The standard InChI is InChI=1S/C14H9BrCl2F2/c1-7-2-11(13(19)6-12(7)18)14(17)8-3-9(15)5-10(16)4-8/h2-6,14H,1H3. The van der Waals surface area contributed by atoms with Crippen LogP contribution in [-0.2, 0) is 0 Å². The summed E-state index contributed by atoms with van der Waals surface area (Å²) in [7, 11) is 0. The molecular formula is C14H9BrCl2F2. The van der Waals surface area contributed by atoms with Crippen molar-refractivity contribution in [2.24, 2.45) is 0 Å².